The van der Waals surface area contributed by atoms with Gasteiger partial charge in [-0.25, -0.2) is 9.78 Å². The molecule has 0 saturated heterocycles. The first-order chi connectivity index (χ1) is 11.1. The summed E-state index contributed by atoms with van der Waals surface area (Å²) in [6.45, 7) is 3.14. The van der Waals surface area contributed by atoms with Crippen LogP contribution in [-0.4, -0.2) is 50.0 Å². The zero-order valence-electron chi connectivity index (χ0n) is 12.8. The van der Waals surface area contributed by atoms with Crippen LogP contribution >= 0.6 is 11.3 Å². The molecular formula is C13H16N6O3S. The third kappa shape index (κ3) is 3.31. The van der Waals surface area contributed by atoms with Crippen molar-refractivity contribution in [3.63, 3.8) is 0 Å². The van der Waals surface area contributed by atoms with Crippen LogP contribution in [0, 0.1) is 0 Å². The molecule has 1 aliphatic rings. The molecule has 0 unspecified atom stereocenters. The number of ether oxygens (including phenoxy) is 1. The van der Waals surface area contributed by atoms with Crippen molar-refractivity contribution in [2.75, 3.05) is 18.5 Å². The number of carbonyl (C=O) groups is 2. The lowest BCUT2D eigenvalue weighted by Gasteiger charge is -2.24. The zero-order valence-corrected chi connectivity index (χ0v) is 13.6. The van der Waals surface area contributed by atoms with Crippen LogP contribution in [0.2, 0.25) is 0 Å². The molecule has 0 saturated carbocycles. The summed E-state index contributed by atoms with van der Waals surface area (Å²) in [4.78, 5) is 30.8. The Balaban J connectivity index is 1.68. The third-order valence-electron chi connectivity index (χ3n) is 3.31. The quantitative estimate of drug-likeness (QED) is 0.898. The molecule has 0 atom stereocenters. The van der Waals surface area contributed by atoms with Gasteiger partial charge in [0.05, 0.1) is 25.0 Å². The Morgan fingerprint density at radius 1 is 1.48 bits per heavy atom. The fourth-order valence-electron chi connectivity index (χ4n) is 2.23. The van der Waals surface area contributed by atoms with Gasteiger partial charge >= 0.3 is 6.09 Å². The van der Waals surface area contributed by atoms with E-state index in [0.717, 1.165) is 10.6 Å². The van der Waals surface area contributed by atoms with Crippen LogP contribution in [0.1, 0.15) is 28.0 Å². The van der Waals surface area contributed by atoms with Gasteiger partial charge in [-0.15, -0.1) is 5.10 Å². The normalized spacial score (nSPS) is 13.6. The topological polar surface area (TPSA) is 102 Å². The molecule has 0 spiro atoms. The zero-order chi connectivity index (χ0) is 16.4. The minimum atomic E-state index is -0.355. The van der Waals surface area contributed by atoms with Gasteiger partial charge in [-0.1, -0.05) is 16.6 Å². The molecule has 3 heterocycles. The Hall–Kier alpha value is -2.49. The second-order valence-electron chi connectivity index (χ2n) is 4.99. The van der Waals surface area contributed by atoms with Gasteiger partial charge in [-0.3, -0.25) is 14.8 Å². The number of carbonyl (C=O) groups excluding carboxylic acids is 2. The molecule has 0 aliphatic carbocycles. The monoisotopic (exact) mass is 336 g/mol. The highest BCUT2D eigenvalue weighted by Crippen LogP contribution is 2.28. The van der Waals surface area contributed by atoms with Crippen molar-refractivity contribution in [1.82, 2.24) is 24.9 Å². The standard InChI is InChI=1S/C13H16N6O3S/c1-3-22-13(21)19-5-4-8-10(7-19)23-12(14-8)15-11(20)9-6-18(2)17-16-9/h6H,3-5,7H2,1-2H3,(H,14,15,20). The highest BCUT2D eigenvalue weighted by Gasteiger charge is 2.25. The van der Waals surface area contributed by atoms with E-state index in [-0.39, 0.29) is 17.7 Å². The van der Waals surface area contributed by atoms with Crippen molar-refractivity contribution in [3.8, 4) is 0 Å². The van der Waals surface area contributed by atoms with E-state index in [2.05, 4.69) is 20.6 Å². The van der Waals surface area contributed by atoms with E-state index in [4.69, 9.17) is 4.74 Å². The van der Waals surface area contributed by atoms with Crippen LogP contribution < -0.4 is 5.32 Å². The molecule has 0 radical (unpaired) electrons. The van der Waals surface area contributed by atoms with E-state index in [0.29, 0.717) is 31.2 Å². The molecule has 1 N–H and O–H groups in total. The number of hydrogen-bond acceptors (Lipinski definition) is 7. The van der Waals surface area contributed by atoms with Crippen LogP contribution in [0.5, 0.6) is 0 Å². The molecule has 23 heavy (non-hydrogen) atoms. The molecule has 0 bridgehead atoms. The molecule has 0 aromatic carbocycles. The summed E-state index contributed by atoms with van der Waals surface area (Å²) < 4.78 is 6.47. The Morgan fingerprint density at radius 2 is 2.30 bits per heavy atom. The average molecular weight is 336 g/mol. The molecule has 1 aliphatic heterocycles. The number of anilines is 1. The second-order valence-corrected chi connectivity index (χ2v) is 6.07. The van der Waals surface area contributed by atoms with Crippen molar-refractivity contribution in [3.05, 3.63) is 22.5 Å². The summed E-state index contributed by atoms with van der Waals surface area (Å²) in [5, 5.41) is 10.7. The summed E-state index contributed by atoms with van der Waals surface area (Å²) in [6, 6.07) is 0. The highest BCUT2D eigenvalue weighted by molar-refractivity contribution is 7.15. The summed E-state index contributed by atoms with van der Waals surface area (Å²) in [6.07, 6.45) is 1.86. The van der Waals surface area contributed by atoms with E-state index in [1.54, 1.807) is 18.9 Å². The van der Waals surface area contributed by atoms with Crippen molar-refractivity contribution >= 4 is 28.5 Å². The minimum Gasteiger partial charge on any atom is -0.450 e. The van der Waals surface area contributed by atoms with Crippen molar-refractivity contribution in [1.29, 1.82) is 0 Å². The van der Waals surface area contributed by atoms with E-state index in [1.807, 2.05) is 0 Å². The summed E-state index contributed by atoms with van der Waals surface area (Å²) in [7, 11) is 1.69. The van der Waals surface area contributed by atoms with Gasteiger partial charge in [0.1, 0.15) is 0 Å². The first-order valence-corrected chi connectivity index (χ1v) is 7.96. The predicted octanol–water partition coefficient (Wildman–Crippen LogP) is 1.04. The van der Waals surface area contributed by atoms with E-state index >= 15 is 0 Å². The lowest BCUT2D eigenvalue weighted by Crippen LogP contribution is -2.35. The van der Waals surface area contributed by atoms with E-state index < -0.39 is 0 Å². The van der Waals surface area contributed by atoms with E-state index in [9.17, 15) is 9.59 Å². The fourth-order valence-corrected chi connectivity index (χ4v) is 3.25. The summed E-state index contributed by atoms with van der Waals surface area (Å²) >= 11 is 1.36. The van der Waals surface area contributed by atoms with Gasteiger partial charge in [-0.05, 0) is 6.92 Å². The van der Waals surface area contributed by atoms with Gasteiger partial charge in [0, 0.05) is 24.9 Å². The van der Waals surface area contributed by atoms with Crippen molar-refractivity contribution in [2.45, 2.75) is 19.9 Å². The smallest absolute Gasteiger partial charge is 0.410 e. The summed E-state index contributed by atoms with van der Waals surface area (Å²) in [5.74, 6) is -0.355. The fraction of sp³-hybridized carbons (Fsp3) is 0.462. The van der Waals surface area contributed by atoms with Crippen LogP contribution in [0.15, 0.2) is 6.20 Å². The molecule has 2 aromatic heterocycles. The van der Waals surface area contributed by atoms with Crippen LogP contribution in [0.3, 0.4) is 0 Å². The van der Waals surface area contributed by atoms with Gasteiger partial charge < -0.3 is 9.64 Å². The largest absolute Gasteiger partial charge is 0.450 e. The Kier molecular flexibility index (Phi) is 4.24. The number of hydrogen-bond donors (Lipinski definition) is 1. The maximum Gasteiger partial charge on any atom is 0.410 e. The summed E-state index contributed by atoms with van der Waals surface area (Å²) in [5.41, 5.74) is 1.14. The second kappa shape index (κ2) is 6.32. The first kappa shape index (κ1) is 15.4. The molecular weight excluding hydrogens is 320 g/mol. The number of nitrogens with zero attached hydrogens (tertiary/aromatic N) is 5. The maximum atomic E-state index is 12.1. The number of amides is 2. The predicted molar refractivity (Wildman–Crippen MR) is 82.2 cm³/mol. The Bertz CT molecular complexity index is 740. The number of aryl methyl sites for hydroxylation is 1. The molecule has 122 valence electrons. The maximum absolute atomic E-state index is 12.1. The lowest BCUT2D eigenvalue weighted by molar-refractivity contribution is 0.101. The van der Waals surface area contributed by atoms with Gasteiger partial charge in [0.25, 0.3) is 5.91 Å². The molecule has 10 heteroatoms. The van der Waals surface area contributed by atoms with Gasteiger partial charge in [-0.2, -0.15) is 0 Å². The van der Waals surface area contributed by atoms with E-state index in [1.165, 1.54) is 22.2 Å². The lowest BCUT2D eigenvalue weighted by atomic mass is 10.2. The minimum absolute atomic E-state index is 0.230. The van der Waals surface area contributed by atoms with Crippen LogP contribution in [0.25, 0.3) is 0 Å². The Morgan fingerprint density at radius 3 is 3.00 bits per heavy atom. The number of aromatic nitrogens is 4. The first-order valence-electron chi connectivity index (χ1n) is 7.14. The molecule has 3 rings (SSSR count). The average Bonchev–Trinajstić information content (AvgIpc) is 3.12. The SMILES string of the molecule is CCOC(=O)N1CCc2nc(NC(=O)c3cn(C)nn3)sc2C1. The molecule has 0 fully saturated rings. The van der Waals surface area contributed by atoms with Gasteiger partial charge in [0.15, 0.2) is 10.8 Å². The number of thiazole rings is 1. The van der Waals surface area contributed by atoms with Gasteiger partial charge in [0.2, 0.25) is 0 Å². The highest BCUT2D eigenvalue weighted by atomic mass is 32.1. The molecule has 2 aromatic rings. The number of fused-ring (bicyclic) bond motifs is 1. The Labute approximate surface area is 136 Å². The van der Waals surface area contributed by atoms with Crippen molar-refractivity contribution < 1.29 is 14.3 Å². The number of rotatable bonds is 3. The van der Waals surface area contributed by atoms with Crippen molar-refractivity contribution in [2.24, 2.45) is 7.05 Å². The third-order valence-corrected chi connectivity index (χ3v) is 4.31. The van der Waals surface area contributed by atoms with Crippen LogP contribution in [-0.2, 0) is 24.8 Å². The number of nitrogens with one attached hydrogen (secondary N) is 1. The van der Waals surface area contributed by atoms with Crippen LogP contribution in [0.4, 0.5) is 9.93 Å². The molecule has 2 amide bonds. The molecule has 9 nitrogen and oxygen atoms in total.